The van der Waals surface area contributed by atoms with Gasteiger partial charge in [0, 0.05) is 10.7 Å². The van der Waals surface area contributed by atoms with E-state index in [-0.39, 0.29) is 17.2 Å². The lowest BCUT2D eigenvalue weighted by Gasteiger charge is -2.07. The van der Waals surface area contributed by atoms with Crippen LogP contribution in [0.5, 0.6) is 11.8 Å². The highest BCUT2D eigenvalue weighted by atomic mass is 35.5. The molecule has 0 spiro atoms. The second-order valence-electron chi connectivity index (χ2n) is 4.26. The molecule has 0 fully saturated rings. The summed E-state index contributed by atoms with van der Waals surface area (Å²) in [7, 11) is 0. The number of ether oxygens (including phenoxy) is 1. The van der Waals surface area contributed by atoms with Gasteiger partial charge in [-0.2, -0.15) is 15.0 Å². The van der Waals surface area contributed by atoms with E-state index in [1.165, 1.54) is 0 Å². The summed E-state index contributed by atoms with van der Waals surface area (Å²) in [5, 5.41) is 3.70. The molecule has 7 heteroatoms. The van der Waals surface area contributed by atoms with Crippen molar-refractivity contribution >= 4 is 34.8 Å². The predicted molar refractivity (Wildman–Crippen MR) is 86.1 cm³/mol. The molecule has 0 aliphatic carbocycles. The molecular weight excluding hydrogens is 323 g/mol. The summed E-state index contributed by atoms with van der Waals surface area (Å²) in [6.45, 7) is 0. The van der Waals surface area contributed by atoms with Gasteiger partial charge >= 0.3 is 6.01 Å². The van der Waals surface area contributed by atoms with E-state index in [2.05, 4.69) is 20.3 Å². The van der Waals surface area contributed by atoms with Gasteiger partial charge in [0.2, 0.25) is 11.2 Å². The number of benzene rings is 2. The molecule has 0 radical (unpaired) electrons. The number of nitrogens with zero attached hydrogens (tertiary/aromatic N) is 3. The SMILES string of the molecule is Clc1ccc(Nc2nc(Cl)nc(Oc3ccccc3)n2)cc1. The Labute approximate surface area is 136 Å². The van der Waals surface area contributed by atoms with E-state index in [0.717, 1.165) is 5.69 Å². The van der Waals surface area contributed by atoms with Crippen LogP contribution in [0.3, 0.4) is 0 Å². The number of nitrogens with one attached hydrogen (secondary N) is 1. The molecular formula is C15H10Cl2N4O. The van der Waals surface area contributed by atoms with Gasteiger partial charge in [-0.15, -0.1) is 0 Å². The molecule has 5 nitrogen and oxygen atoms in total. The van der Waals surface area contributed by atoms with E-state index in [1.54, 1.807) is 36.4 Å². The zero-order valence-corrected chi connectivity index (χ0v) is 12.7. The maximum absolute atomic E-state index is 5.90. The summed E-state index contributed by atoms with van der Waals surface area (Å²) in [5.41, 5.74) is 0.775. The van der Waals surface area contributed by atoms with Crippen molar-refractivity contribution in [1.29, 1.82) is 0 Å². The van der Waals surface area contributed by atoms with Gasteiger partial charge in [0.25, 0.3) is 0 Å². The average molecular weight is 333 g/mol. The van der Waals surface area contributed by atoms with Gasteiger partial charge < -0.3 is 10.1 Å². The third-order valence-electron chi connectivity index (χ3n) is 2.64. The van der Waals surface area contributed by atoms with Gasteiger partial charge in [0.05, 0.1) is 0 Å². The number of hydrogen-bond acceptors (Lipinski definition) is 5. The number of para-hydroxylation sites is 1. The van der Waals surface area contributed by atoms with Crippen LogP contribution in [-0.2, 0) is 0 Å². The van der Waals surface area contributed by atoms with Crippen LogP contribution in [0.25, 0.3) is 0 Å². The fourth-order valence-corrected chi connectivity index (χ4v) is 1.97. The number of halogens is 2. The molecule has 1 aromatic heterocycles. The van der Waals surface area contributed by atoms with Crippen LogP contribution in [0.4, 0.5) is 11.6 Å². The first-order chi connectivity index (χ1) is 10.7. The molecule has 0 amide bonds. The first-order valence-corrected chi connectivity index (χ1v) is 7.12. The molecule has 0 saturated carbocycles. The van der Waals surface area contributed by atoms with Crippen molar-refractivity contribution in [2.24, 2.45) is 0 Å². The smallest absolute Gasteiger partial charge is 0.328 e. The van der Waals surface area contributed by atoms with E-state index >= 15 is 0 Å². The highest BCUT2D eigenvalue weighted by Gasteiger charge is 2.07. The summed E-state index contributed by atoms with van der Waals surface area (Å²) in [6.07, 6.45) is 0. The lowest BCUT2D eigenvalue weighted by atomic mass is 10.3. The largest absolute Gasteiger partial charge is 0.424 e. The summed E-state index contributed by atoms with van der Waals surface area (Å²) in [6, 6.07) is 16.4. The van der Waals surface area contributed by atoms with Crippen LogP contribution >= 0.6 is 23.2 Å². The molecule has 0 unspecified atom stereocenters. The van der Waals surface area contributed by atoms with Gasteiger partial charge in [-0.3, -0.25) is 0 Å². The normalized spacial score (nSPS) is 10.3. The molecule has 0 aliphatic rings. The molecule has 1 N–H and O–H groups in total. The maximum atomic E-state index is 5.90. The topological polar surface area (TPSA) is 59.9 Å². The molecule has 0 atom stereocenters. The summed E-state index contributed by atoms with van der Waals surface area (Å²) in [5.74, 6) is 0.899. The standard InChI is InChI=1S/C15H10Cl2N4O/c16-10-6-8-11(9-7-10)18-14-19-13(17)20-15(21-14)22-12-4-2-1-3-5-12/h1-9H,(H,18,19,20,21). The zero-order valence-electron chi connectivity index (χ0n) is 11.2. The number of anilines is 2. The number of rotatable bonds is 4. The van der Waals surface area contributed by atoms with E-state index in [1.807, 2.05) is 18.2 Å². The van der Waals surface area contributed by atoms with E-state index in [4.69, 9.17) is 27.9 Å². The van der Waals surface area contributed by atoms with Gasteiger partial charge in [0.1, 0.15) is 5.75 Å². The number of hydrogen-bond donors (Lipinski definition) is 1. The third-order valence-corrected chi connectivity index (χ3v) is 3.06. The Morgan fingerprint density at radius 1 is 0.818 bits per heavy atom. The Bertz CT molecular complexity index is 766. The molecule has 3 rings (SSSR count). The van der Waals surface area contributed by atoms with Crippen LogP contribution in [-0.4, -0.2) is 15.0 Å². The maximum Gasteiger partial charge on any atom is 0.328 e. The minimum Gasteiger partial charge on any atom is -0.424 e. The molecule has 0 aliphatic heterocycles. The van der Waals surface area contributed by atoms with Gasteiger partial charge in [-0.25, -0.2) is 0 Å². The Balaban J connectivity index is 1.82. The van der Waals surface area contributed by atoms with E-state index < -0.39 is 0 Å². The molecule has 3 aromatic rings. The lowest BCUT2D eigenvalue weighted by Crippen LogP contribution is -2.01. The van der Waals surface area contributed by atoms with Crippen molar-refractivity contribution in [3.63, 3.8) is 0 Å². The lowest BCUT2D eigenvalue weighted by molar-refractivity contribution is 0.440. The quantitative estimate of drug-likeness (QED) is 0.749. The minimum atomic E-state index is 0.0393. The van der Waals surface area contributed by atoms with Crippen molar-refractivity contribution in [2.75, 3.05) is 5.32 Å². The fraction of sp³-hybridized carbons (Fsp3) is 0. The Hall–Kier alpha value is -2.37. The Morgan fingerprint density at radius 2 is 1.55 bits per heavy atom. The van der Waals surface area contributed by atoms with Crippen molar-refractivity contribution in [1.82, 2.24) is 15.0 Å². The van der Waals surface area contributed by atoms with Gasteiger partial charge in [-0.1, -0.05) is 29.8 Å². The molecule has 110 valence electrons. The van der Waals surface area contributed by atoms with Crippen molar-refractivity contribution in [3.05, 3.63) is 64.9 Å². The average Bonchev–Trinajstić information content (AvgIpc) is 2.50. The van der Waals surface area contributed by atoms with Crippen LogP contribution < -0.4 is 10.1 Å². The van der Waals surface area contributed by atoms with Crippen molar-refractivity contribution in [3.8, 4) is 11.8 Å². The molecule has 1 heterocycles. The van der Waals surface area contributed by atoms with Crippen LogP contribution in [0.2, 0.25) is 10.3 Å². The first-order valence-electron chi connectivity index (χ1n) is 6.36. The Morgan fingerprint density at radius 3 is 2.27 bits per heavy atom. The van der Waals surface area contributed by atoms with Crippen molar-refractivity contribution in [2.45, 2.75) is 0 Å². The molecule has 0 saturated heterocycles. The van der Waals surface area contributed by atoms with Crippen LogP contribution in [0.15, 0.2) is 54.6 Å². The summed E-state index contributed by atoms with van der Waals surface area (Å²) < 4.78 is 5.55. The van der Waals surface area contributed by atoms with Gasteiger partial charge in [-0.05, 0) is 48.0 Å². The van der Waals surface area contributed by atoms with E-state index in [9.17, 15) is 0 Å². The van der Waals surface area contributed by atoms with Crippen LogP contribution in [0, 0.1) is 0 Å². The zero-order chi connectivity index (χ0) is 15.4. The molecule has 2 aromatic carbocycles. The Kier molecular flexibility index (Phi) is 4.37. The number of aromatic nitrogens is 3. The summed E-state index contributed by atoms with van der Waals surface area (Å²) >= 11 is 11.7. The fourth-order valence-electron chi connectivity index (χ4n) is 1.69. The second kappa shape index (κ2) is 6.60. The molecule has 22 heavy (non-hydrogen) atoms. The van der Waals surface area contributed by atoms with Crippen LogP contribution in [0.1, 0.15) is 0 Å². The monoisotopic (exact) mass is 332 g/mol. The highest BCUT2D eigenvalue weighted by molar-refractivity contribution is 6.30. The summed E-state index contributed by atoms with van der Waals surface area (Å²) in [4.78, 5) is 12.1. The predicted octanol–water partition coefficient (Wildman–Crippen LogP) is 4.71. The van der Waals surface area contributed by atoms with Gasteiger partial charge in [0.15, 0.2) is 0 Å². The highest BCUT2D eigenvalue weighted by Crippen LogP contribution is 2.22. The first kappa shape index (κ1) is 14.6. The van der Waals surface area contributed by atoms with E-state index in [0.29, 0.717) is 10.8 Å². The second-order valence-corrected chi connectivity index (χ2v) is 5.03. The third kappa shape index (κ3) is 3.84. The minimum absolute atomic E-state index is 0.0393. The molecule has 0 bridgehead atoms. The van der Waals surface area contributed by atoms with Crippen molar-refractivity contribution < 1.29 is 4.74 Å².